The van der Waals surface area contributed by atoms with E-state index in [-0.39, 0.29) is 35.7 Å². The number of hydrogen-bond acceptors (Lipinski definition) is 7. The number of nitrogens with zero attached hydrogens (tertiary/aromatic N) is 2. The molecule has 3 aromatic rings. The summed E-state index contributed by atoms with van der Waals surface area (Å²) in [6, 6.07) is 23.3. The Balaban J connectivity index is 0.000000218. The summed E-state index contributed by atoms with van der Waals surface area (Å²) in [5.41, 5.74) is 16.4. The predicted molar refractivity (Wildman–Crippen MR) is 213 cm³/mol. The smallest absolute Gasteiger partial charge is 0.237 e. The van der Waals surface area contributed by atoms with E-state index in [4.69, 9.17) is 11.5 Å². The maximum atomic E-state index is 13.9. The number of carbonyl (C=O) groups excluding carboxylic acids is 1. The van der Waals surface area contributed by atoms with Crippen molar-refractivity contribution in [3.8, 4) is 0 Å². The van der Waals surface area contributed by atoms with E-state index in [1.165, 1.54) is 42.6 Å². The Labute approximate surface area is 315 Å². The number of nitrogens with two attached hydrogens (primary N) is 2. The quantitative estimate of drug-likeness (QED) is 0.138. The lowest BCUT2D eigenvalue weighted by Gasteiger charge is -2.36. The highest BCUT2D eigenvalue weighted by Gasteiger charge is 2.34. The van der Waals surface area contributed by atoms with Gasteiger partial charge in [0.05, 0.1) is 6.04 Å². The summed E-state index contributed by atoms with van der Waals surface area (Å²) in [6.07, 6.45) is 10.3. The number of benzene rings is 3. The van der Waals surface area contributed by atoms with Crippen molar-refractivity contribution in [3.05, 3.63) is 107 Å². The summed E-state index contributed by atoms with van der Waals surface area (Å²) in [5.74, 6) is -0.216. The largest absolute Gasteiger partial charge is 0.352 e. The van der Waals surface area contributed by atoms with Gasteiger partial charge in [0.2, 0.25) is 5.91 Å². The predicted octanol–water partition coefficient (Wildman–Crippen LogP) is 6.62. The molecule has 2 fully saturated rings. The lowest BCUT2D eigenvalue weighted by atomic mass is 9.92. The molecule has 0 aromatic heterocycles. The molecule has 5 atom stereocenters. The van der Waals surface area contributed by atoms with Crippen LogP contribution in [-0.2, 0) is 30.6 Å². The van der Waals surface area contributed by atoms with E-state index < -0.39 is 0 Å². The van der Waals surface area contributed by atoms with Gasteiger partial charge in [-0.2, -0.15) is 0 Å². The summed E-state index contributed by atoms with van der Waals surface area (Å²) in [5, 5.41) is 3.16. The van der Waals surface area contributed by atoms with E-state index >= 15 is 0 Å². The van der Waals surface area contributed by atoms with Gasteiger partial charge in [-0.05, 0) is 119 Å². The number of amides is 1. The lowest BCUT2D eigenvalue weighted by Crippen LogP contribution is -2.51. The third-order valence-corrected chi connectivity index (χ3v) is 10.9. The van der Waals surface area contributed by atoms with Crippen molar-refractivity contribution < 1.29 is 13.6 Å². The summed E-state index contributed by atoms with van der Waals surface area (Å²) >= 11 is 1.65. The first-order valence-corrected chi connectivity index (χ1v) is 20.4. The second-order valence-electron chi connectivity index (χ2n) is 14.7. The molecule has 2 unspecified atom stereocenters. The molecule has 0 radical (unpaired) electrons. The third-order valence-electron chi connectivity index (χ3n) is 10.3. The summed E-state index contributed by atoms with van der Waals surface area (Å²) in [6.45, 7) is 10.3. The second kappa shape index (κ2) is 21.7. The first kappa shape index (κ1) is 41.9. The van der Waals surface area contributed by atoms with Crippen molar-refractivity contribution in [2.45, 2.75) is 121 Å². The van der Waals surface area contributed by atoms with Crippen LogP contribution in [0.3, 0.4) is 0 Å². The van der Waals surface area contributed by atoms with Gasteiger partial charge >= 0.3 is 0 Å². The molecule has 2 heterocycles. The second-order valence-corrected chi connectivity index (χ2v) is 15.4. The van der Waals surface area contributed by atoms with E-state index in [2.05, 4.69) is 52.7 Å². The number of halogens is 2. The molecule has 1 saturated carbocycles. The number of nitrogens with one attached hydrogen (secondary N) is 2. The Bertz CT molecular complexity index is 1510. The molecule has 0 bridgehead atoms. The van der Waals surface area contributed by atoms with Crippen LogP contribution in [0.4, 0.5) is 8.78 Å². The Morgan fingerprint density at radius 3 is 2.04 bits per heavy atom. The van der Waals surface area contributed by atoms with Gasteiger partial charge in [-0.1, -0.05) is 79.5 Å². The van der Waals surface area contributed by atoms with Crippen molar-refractivity contribution in [2.75, 3.05) is 25.9 Å². The molecule has 6 N–H and O–H groups in total. The van der Waals surface area contributed by atoms with Crippen molar-refractivity contribution in [1.29, 1.82) is 0 Å². The minimum absolute atomic E-state index is 0.0275. The first-order valence-electron chi connectivity index (χ1n) is 19.2. The first-order chi connectivity index (χ1) is 25.1. The fourth-order valence-corrected chi connectivity index (χ4v) is 7.62. The normalized spacial score (nSPS) is 20.4. The maximum absolute atomic E-state index is 13.9. The van der Waals surface area contributed by atoms with E-state index in [9.17, 15) is 13.6 Å². The molecule has 2 aliphatic heterocycles. The van der Waals surface area contributed by atoms with Gasteiger partial charge in [0, 0.05) is 49.8 Å². The van der Waals surface area contributed by atoms with Gasteiger partial charge in [-0.15, -0.1) is 0 Å². The van der Waals surface area contributed by atoms with Crippen LogP contribution in [-0.4, -0.2) is 77.8 Å². The average molecular weight is 737 g/mol. The van der Waals surface area contributed by atoms with Crippen LogP contribution < -0.4 is 21.5 Å². The molecule has 7 nitrogen and oxygen atoms in total. The zero-order valence-electron chi connectivity index (χ0n) is 31.7. The molecule has 286 valence electrons. The van der Waals surface area contributed by atoms with E-state index in [0.29, 0.717) is 36.5 Å². The van der Waals surface area contributed by atoms with E-state index in [1.54, 1.807) is 30.1 Å². The molecule has 1 amide bonds. The van der Waals surface area contributed by atoms with Gasteiger partial charge in [-0.25, -0.2) is 8.78 Å². The Morgan fingerprint density at radius 1 is 0.904 bits per heavy atom. The lowest BCUT2D eigenvalue weighted by molar-refractivity contribution is -0.127. The topological polar surface area (TPSA) is 99.7 Å². The molecule has 6 rings (SSSR count). The van der Waals surface area contributed by atoms with Gasteiger partial charge in [0.15, 0.2) is 0 Å². The van der Waals surface area contributed by atoms with Gasteiger partial charge in [0.25, 0.3) is 0 Å². The molecular weight excluding hydrogens is 675 g/mol. The van der Waals surface area contributed by atoms with Crippen LogP contribution >= 0.6 is 11.9 Å². The van der Waals surface area contributed by atoms with Crippen molar-refractivity contribution in [3.63, 3.8) is 0 Å². The van der Waals surface area contributed by atoms with Crippen LogP contribution in [0.2, 0.25) is 0 Å². The van der Waals surface area contributed by atoms with Crippen LogP contribution in [0.25, 0.3) is 0 Å². The molecule has 3 aliphatic rings. The van der Waals surface area contributed by atoms with Gasteiger partial charge < -0.3 is 16.8 Å². The molecule has 1 saturated heterocycles. The molecule has 52 heavy (non-hydrogen) atoms. The summed E-state index contributed by atoms with van der Waals surface area (Å²) in [4.78, 5) is 17.6. The highest BCUT2D eigenvalue weighted by molar-refractivity contribution is 7.96. The third kappa shape index (κ3) is 13.5. The standard InChI is InChI=1S/C23H28FN3O.C16H25FN2.C3H9NS/c24-21-8-4-3-6-17(21)13-19(25)11-12-27-15-18-7-2-1-5-16(18)14-22(27)23(28)26-20-9-10-20;1-12-6-5-9-19(12)13(2)10-15(18)11-14-7-3-4-8-16(14)17;1-3-4-5-2/h1-8,19-20,22H,9-15,25H2,(H,26,28);3-4,7-8,12-13,15H,5-6,9-11,18H2,1-2H3;4H,3H2,1-2H3/t19-,22-;12?,13?,15-;/m00./s1. The molecule has 10 heteroatoms. The van der Waals surface area contributed by atoms with E-state index in [0.717, 1.165) is 57.3 Å². The zero-order chi connectivity index (χ0) is 37.5. The van der Waals surface area contributed by atoms with E-state index in [1.807, 2.05) is 36.6 Å². The molecule has 0 spiro atoms. The van der Waals surface area contributed by atoms with Crippen molar-refractivity contribution in [2.24, 2.45) is 11.5 Å². The van der Waals surface area contributed by atoms with Crippen molar-refractivity contribution >= 4 is 17.9 Å². The van der Waals surface area contributed by atoms with Crippen LogP contribution in [0.1, 0.15) is 81.5 Å². The fourth-order valence-electron chi connectivity index (χ4n) is 7.33. The molecule has 3 aromatic carbocycles. The minimum Gasteiger partial charge on any atom is -0.352 e. The van der Waals surface area contributed by atoms with Crippen LogP contribution in [0.5, 0.6) is 0 Å². The van der Waals surface area contributed by atoms with Gasteiger partial charge in [0.1, 0.15) is 11.6 Å². The number of fused-ring (bicyclic) bond motifs is 1. The van der Waals surface area contributed by atoms with Gasteiger partial charge in [-0.3, -0.25) is 19.3 Å². The number of hydrogen-bond donors (Lipinski definition) is 4. The highest BCUT2D eigenvalue weighted by Crippen LogP contribution is 2.26. The SMILES string of the molecule is CC1CCCN1C(C)C[C@H](N)Cc1ccccc1F.CCNSC.N[C@@H](CCN1Cc2ccccc2C[C@H]1C(=O)NC1CC1)Cc1ccccc1F. The van der Waals surface area contributed by atoms with Crippen molar-refractivity contribution in [1.82, 2.24) is 19.8 Å². The number of carbonyl (C=O) groups is 1. The Kier molecular flexibility index (Phi) is 17.5. The summed E-state index contributed by atoms with van der Waals surface area (Å²) < 4.78 is 30.5. The summed E-state index contributed by atoms with van der Waals surface area (Å²) in [7, 11) is 0. The number of rotatable bonds is 14. The van der Waals surface area contributed by atoms with Crippen LogP contribution in [0.15, 0.2) is 72.8 Å². The Hall–Kier alpha value is -2.86. The minimum atomic E-state index is -0.202. The zero-order valence-corrected chi connectivity index (χ0v) is 32.5. The van der Waals surface area contributed by atoms with Crippen LogP contribution in [0, 0.1) is 11.6 Å². The number of likely N-dealkylation sites (tertiary alicyclic amines) is 1. The fraction of sp³-hybridized carbons (Fsp3) is 0.548. The maximum Gasteiger partial charge on any atom is 0.237 e. The Morgan fingerprint density at radius 2 is 1.50 bits per heavy atom. The molecule has 1 aliphatic carbocycles. The molecular formula is C42H62F2N6OS. The monoisotopic (exact) mass is 736 g/mol. The average Bonchev–Trinajstić information content (AvgIpc) is 3.84. The highest BCUT2D eigenvalue weighted by atomic mass is 32.2.